The van der Waals surface area contributed by atoms with Gasteiger partial charge in [0.1, 0.15) is 18.0 Å². The lowest BCUT2D eigenvalue weighted by Gasteiger charge is -2.16. The van der Waals surface area contributed by atoms with Gasteiger partial charge in [0.25, 0.3) is 5.91 Å². The second-order valence-electron chi connectivity index (χ2n) is 8.87. The van der Waals surface area contributed by atoms with E-state index in [1.54, 1.807) is 62.1 Å². The number of carbonyl (C=O) groups is 1. The van der Waals surface area contributed by atoms with Crippen molar-refractivity contribution in [3.8, 4) is 11.9 Å². The van der Waals surface area contributed by atoms with Crippen molar-refractivity contribution in [1.82, 2.24) is 24.7 Å². The van der Waals surface area contributed by atoms with Gasteiger partial charge in [-0.1, -0.05) is 6.07 Å². The third-order valence-electron chi connectivity index (χ3n) is 5.66. The highest BCUT2D eigenvalue weighted by atomic mass is 16.1. The molecule has 10 nitrogen and oxygen atoms in total. The van der Waals surface area contributed by atoms with Gasteiger partial charge in [0.15, 0.2) is 5.82 Å². The Bertz CT molecular complexity index is 1470. The van der Waals surface area contributed by atoms with Gasteiger partial charge in [-0.05, 0) is 57.5 Å². The maximum Gasteiger partial charge on any atom is 0.255 e. The molecule has 0 fully saturated rings. The lowest BCUT2D eigenvalue weighted by atomic mass is 9.90. The van der Waals surface area contributed by atoms with Crippen LogP contribution in [0.15, 0.2) is 55.0 Å². The number of amides is 1. The van der Waals surface area contributed by atoms with Crippen molar-refractivity contribution < 1.29 is 4.79 Å². The molecular weight excluding hydrogens is 454 g/mol. The number of anilines is 4. The number of nitriles is 1. The van der Waals surface area contributed by atoms with Crippen LogP contribution in [0.4, 0.5) is 23.0 Å². The molecule has 182 valence electrons. The number of benzene rings is 1. The molecule has 0 unspecified atom stereocenters. The van der Waals surface area contributed by atoms with Gasteiger partial charge in [-0.15, -0.1) is 0 Å². The van der Waals surface area contributed by atoms with Crippen LogP contribution < -0.4 is 16.0 Å². The van der Waals surface area contributed by atoms with Gasteiger partial charge >= 0.3 is 0 Å². The monoisotopic (exact) mass is 481 g/mol. The summed E-state index contributed by atoms with van der Waals surface area (Å²) in [5.41, 5.74) is 3.39. The van der Waals surface area contributed by atoms with E-state index in [0.717, 1.165) is 16.9 Å². The fraction of sp³-hybridized carbons (Fsp3) is 0.231. The number of pyridine rings is 1. The summed E-state index contributed by atoms with van der Waals surface area (Å²) in [6, 6.07) is 14.8. The number of carbonyl (C=O) groups excluding carboxylic acids is 1. The Labute approximate surface area is 209 Å². The molecule has 4 rings (SSSR count). The molecule has 0 aliphatic heterocycles. The summed E-state index contributed by atoms with van der Waals surface area (Å²) in [6.07, 6.45) is 3.06. The van der Waals surface area contributed by atoms with Crippen molar-refractivity contribution in [2.75, 3.05) is 23.0 Å². The summed E-state index contributed by atoms with van der Waals surface area (Å²) in [6.45, 7) is 7.42. The van der Waals surface area contributed by atoms with Crippen LogP contribution in [0.25, 0.3) is 5.82 Å². The van der Waals surface area contributed by atoms with Crippen LogP contribution in [0.2, 0.25) is 0 Å². The second kappa shape index (κ2) is 9.84. The normalized spacial score (nSPS) is 11.0. The van der Waals surface area contributed by atoms with E-state index < -0.39 is 5.41 Å². The third kappa shape index (κ3) is 5.15. The highest BCUT2D eigenvalue weighted by molar-refractivity contribution is 6.05. The van der Waals surface area contributed by atoms with Gasteiger partial charge in [0.2, 0.25) is 0 Å². The van der Waals surface area contributed by atoms with Gasteiger partial charge < -0.3 is 16.0 Å². The molecule has 3 N–H and O–H groups in total. The SMILES string of the molecule is CNc1cc(-n2nc(C)cc2Nc2cc(C(=O)Nc3ccnc(C(C)(C)C#N)c3)ccc2C)ncn1. The molecule has 10 heteroatoms. The Kier molecular flexibility index (Phi) is 6.65. The summed E-state index contributed by atoms with van der Waals surface area (Å²) in [4.78, 5) is 25.8. The molecule has 0 saturated heterocycles. The summed E-state index contributed by atoms with van der Waals surface area (Å²) >= 11 is 0. The standard InChI is InChI=1S/C26H27N9O/c1-16-6-7-18(25(36)32-19-8-9-29-21(12-19)26(3,4)14-27)11-20(16)33-24-10-17(2)34-35(24)23-13-22(28-5)30-15-31-23/h6-13,15,33H,1-5H3,(H,28,30,31)(H,29,32,36). The fourth-order valence-electron chi connectivity index (χ4n) is 3.51. The zero-order valence-corrected chi connectivity index (χ0v) is 20.8. The topological polar surface area (TPSA) is 133 Å². The number of aryl methyl sites for hydroxylation is 2. The molecule has 0 aliphatic rings. The van der Waals surface area contributed by atoms with Crippen LogP contribution in [0, 0.1) is 25.2 Å². The van der Waals surface area contributed by atoms with Crippen molar-refractivity contribution in [3.05, 3.63) is 77.5 Å². The summed E-state index contributed by atoms with van der Waals surface area (Å²) in [5.74, 6) is 1.70. The predicted molar refractivity (Wildman–Crippen MR) is 139 cm³/mol. The zero-order valence-electron chi connectivity index (χ0n) is 20.8. The van der Waals surface area contributed by atoms with Gasteiger partial charge in [0.05, 0.1) is 22.9 Å². The fourth-order valence-corrected chi connectivity index (χ4v) is 3.51. The number of rotatable bonds is 7. The molecule has 0 atom stereocenters. The molecule has 0 spiro atoms. The number of hydrogen-bond acceptors (Lipinski definition) is 8. The van der Waals surface area contributed by atoms with Crippen molar-refractivity contribution in [2.45, 2.75) is 33.1 Å². The largest absolute Gasteiger partial charge is 0.373 e. The molecule has 4 aromatic rings. The quantitative estimate of drug-likeness (QED) is 0.351. The van der Waals surface area contributed by atoms with E-state index >= 15 is 0 Å². The van der Waals surface area contributed by atoms with E-state index in [0.29, 0.717) is 34.4 Å². The maximum atomic E-state index is 13.1. The minimum Gasteiger partial charge on any atom is -0.373 e. The van der Waals surface area contributed by atoms with E-state index in [1.165, 1.54) is 6.33 Å². The summed E-state index contributed by atoms with van der Waals surface area (Å²) in [5, 5.41) is 23.2. The molecule has 0 bridgehead atoms. The summed E-state index contributed by atoms with van der Waals surface area (Å²) < 4.78 is 1.69. The van der Waals surface area contributed by atoms with E-state index in [4.69, 9.17) is 0 Å². The lowest BCUT2D eigenvalue weighted by molar-refractivity contribution is 0.102. The first kappa shape index (κ1) is 24.3. The number of hydrogen-bond donors (Lipinski definition) is 3. The van der Waals surface area contributed by atoms with E-state index in [-0.39, 0.29) is 5.91 Å². The molecular formula is C26H27N9O. The Hall–Kier alpha value is -4.78. The van der Waals surface area contributed by atoms with Crippen LogP contribution in [0.1, 0.15) is 41.2 Å². The van der Waals surface area contributed by atoms with Crippen LogP contribution in [-0.4, -0.2) is 37.7 Å². The average molecular weight is 482 g/mol. The number of nitrogens with zero attached hydrogens (tertiary/aromatic N) is 6. The zero-order chi connectivity index (χ0) is 25.9. The average Bonchev–Trinajstić information content (AvgIpc) is 3.25. The van der Waals surface area contributed by atoms with E-state index in [1.807, 2.05) is 26.0 Å². The predicted octanol–water partition coefficient (Wildman–Crippen LogP) is 4.51. The molecule has 3 heterocycles. The van der Waals surface area contributed by atoms with Crippen molar-refractivity contribution in [2.24, 2.45) is 0 Å². The Morgan fingerprint density at radius 1 is 1.06 bits per heavy atom. The van der Waals surface area contributed by atoms with E-state index in [2.05, 4.69) is 42.1 Å². The van der Waals surface area contributed by atoms with Crippen LogP contribution >= 0.6 is 0 Å². The Morgan fingerprint density at radius 3 is 2.61 bits per heavy atom. The minimum absolute atomic E-state index is 0.274. The first-order valence-corrected chi connectivity index (χ1v) is 11.3. The maximum absolute atomic E-state index is 13.1. The van der Waals surface area contributed by atoms with Gasteiger partial charge in [-0.25, -0.2) is 9.97 Å². The van der Waals surface area contributed by atoms with Crippen LogP contribution in [0.3, 0.4) is 0 Å². The van der Waals surface area contributed by atoms with Crippen molar-refractivity contribution in [1.29, 1.82) is 5.26 Å². The lowest BCUT2D eigenvalue weighted by Crippen LogP contribution is -2.17. The number of nitrogens with one attached hydrogen (secondary N) is 3. The molecule has 0 radical (unpaired) electrons. The minimum atomic E-state index is -0.763. The molecule has 1 aromatic carbocycles. The Morgan fingerprint density at radius 2 is 1.86 bits per heavy atom. The molecule has 0 saturated carbocycles. The molecule has 0 aliphatic carbocycles. The number of aromatic nitrogens is 5. The molecule has 1 amide bonds. The molecule has 36 heavy (non-hydrogen) atoms. The van der Waals surface area contributed by atoms with Crippen LogP contribution in [-0.2, 0) is 5.41 Å². The van der Waals surface area contributed by atoms with Gasteiger partial charge in [0, 0.05) is 42.3 Å². The third-order valence-corrected chi connectivity index (χ3v) is 5.66. The Balaban J connectivity index is 1.60. The van der Waals surface area contributed by atoms with Crippen molar-refractivity contribution in [3.63, 3.8) is 0 Å². The first-order chi connectivity index (χ1) is 17.2. The van der Waals surface area contributed by atoms with Crippen LogP contribution in [0.5, 0.6) is 0 Å². The summed E-state index contributed by atoms with van der Waals surface area (Å²) in [7, 11) is 1.79. The second-order valence-corrected chi connectivity index (χ2v) is 8.87. The first-order valence-electron chi connectivity index (χ1n) is 11.3. The smallest absolute Gasteiger partial charge is 0.255 e. The van der Waals surface area contributed by atoms with Crippen molar-refractivity contribution >= 4 is 28.9 Å². The van der Waals surface area contributed by atoms with Gasteiger partial charge in [-0.3, -0.25) is 9.78 Å². The highest BCUT2D eigenvalue weighted by Crippen LogP contribution is 2.26. The highest BCUT2D eigenvalue weighted by Gasteiger charge is 2.22. The molecule has 3 aromatic heterocycles. The van der Waals surface area contributed by atoms with E-state index in [9.17, 15) is 10.1 Å². The van der Waals surface area contributed by atoms with Gasteiger partial charge in [-0.2, -0.15) is 15.0 Å².